The zero-order valence-corrected chi connectivity index (χ0v) is 20.7. The molecule has 176 valence electrons. The number of amides is 1. The fraction of sp³-hybridized carbons (Fsp3) is 0.250. The second-order valence-corrected chi connectivity index (χ2v) is 10.3. The third-order valence-electron chi connectivity index (χ3n) is 5.97. The number of halogens is 1. The van der Waals surface area contributed by atoms with Crippen molar-refractivity contribution in [1.29, 1.82) is 0 Å². The summed E-state index contributed by atoms with van der Waals surface area (Å²) in [5, 5.41) is 0.881. The van der Waals surface area contributed by atoms with E-state index >= 15 is 0 Å². The smallest absolute Gasteiger partial charge is 0.278 e. The van der Waals surface area contributed by atoms with Crippen LogP contribution in [0.3, 0.4) is 0 Å². The maximum atomic E-state index is 13.7. The molecule has 34 heavy (non-hydrogen) atoms. The molecular formula is C24H22FN3O4SSe. The van der Waals surface area contributed by atoms with E-state index in [-0.39, 0.29) is 34.8 Å². The number of carbonyl (C=O) groups excluding carboxylic acids is 1. The summed E-state index contributed by atoms with van der Waals surface area (Å²) >= 11 is 4.00. The summed E-state index contributed by atoms with van der Waals surface area (Å²) in [7, 11) is 0. The Hall–Kier alpha value is -2.78. The standard InChI is InChI=1S/C14H11FSe.C10H11N3O4S/c15-13-6-3-5-10-8-11-4-1-2-7-14(11)16-9-12(10)13;14-6-1-2-13-8(9(6)17-18)10(15)12-3-4-16-5-7(12)11-13/h1-7H,8-9H2;1-2,7,11,18H,3-5H2. The van der Waals surface area contributed by atoms with Gasteiger partial charge in [-0.2, -0.15) is 0 Å². The van der Waals surface area contributed by atoms with E-state index in [1.54, 1.807) is 11.0 Å². The third kappa shape index (κ3) is 4.34. The minimum atomic E-state index is -0.377. The second kappa shape index (κ2) is 9.83. The number of nitrogens with zero attached hydrogens (tertiary/aromatic N) is 2. The molecule has 0 saturated carbocycles. The number of hydrogen-bond acceptors (Lipinski definition) is 6. The first-order valence-electron chi connectivity index (χ1n) is 10.8. The number of rotatable bonds is 1. The maximum Gasteiger partial charge on any atom is 0.278 e. The van der Waals surface area contributed by atoms with Crippen LogP contribution >= 0.6 is 12.9 Å². The second-order valence-electron chi connectivity index (χ2n) is 7.99. The van der Waals surface area contributed by atoms with Crippen LogP contribution in [0.25, 0.3) is 0 Å². The summed E-state index contributed by atoms with van der Waals surface area (Å²) in [6.45, 7) is 1.37. The van der Waals surface area contributed by atoms with Crippen LogP contribution < -0.4 is 19.5 Å². The van der Waals surface area contributed by atoms with E-state index in [1.807, 2.05) is 6.07 Å². The van der Waals surface area contributed by atoms with Crippen molar-refractivity contribution in [2.24, 2.45) is 0 Å². The zero-order valence-electron chi connectivity index (χ0n) is 18.1. The fourth-order valence-corrected chi connectivity index (χ4v) is 6.77. The SMILES string of the molecule is Fc1cccc2c1C[Se]c1ccccc1C2.O=C1c2c(OS)c(=O)ccn2NC2COCCN12. The molecule has 0 radical (unpaired) electrons. The Kier molecular flexibility index (Phi) is 6.65. The van der Waals surface area contributed by atoms with E-state index in [1.165, 1.54) is 27.0 Å². The summed E-state index contributed by atoms with van der Waals surface area (Å²) in [5.74, 6) is -0.362. The van der Waals surface area contributed by atoms with Crippen LogP contribution in [0.5, 0.6) is 5.75 Å². The van der Waals surface area contributed by atoms with Crippen molar-refractivity contribution in [3.63, 3.8) is 0 Å². The Morgan fingerprint density at radius 2 is 1.94 bits per heavy atom. The van der Waals surface area contributed by atoms with E-state index in [0.29, 0.717) is 34.7 Å². The van der Waals surface area contributed by atoms with Crippen molar-refractivity contribution in [3.05, 3.63) is 93.2 Å². The molecule has 0 bridgehead atoms. The molecule has 3 aromatic rings. The maximum absolute atomic E-state index is 13.7. The molecule has 7 nitrogen and oxygen atoms in total. The van der Waals surface area contributed by atoms with Crippen LogP contribution in [0.4, 0.5) is 4.39 Å². The molecule has 4 heterocycles. The van der Waals surface area contributed by atoms with Crippen molar-refractivity contribution in [2.75, 3.05) is 25.2 Å². The molecule has 2 aromatic carbocycles. The first-order chi connectivity index (χ1) is 16.6. The van der Waals surface area contributed by atoms with Crippen molar-refractivity contribution in [3.8, 4) is 5.75 Å². The molecule has 6 rings (SSSR count). The summed E-state index contributed by atoms with van der Waals surface area (Å²) in [6, 6.07) is 15.2. The van der Waals surface area contributed by atoms with Gasteiger partial charge in [0.15, 0.2) is 5.69 Å². The number of hydrogen-bond donors (Lipinski definition) is 2. The molecule has 1 aromatic heterocycles. The van der Waals surface area contributed by atoms with E-state index < -0.39 is 0 Å². The van der Waals surface area contributed by atoms with Gasteiger partial charge in [-0.25, -0.2) is 0 Å². The number of pyridine rings is 1. The van der Waals surface area contributed by atoms with Gasteiger partial charge in [-0.15, -0.1) is 0 Å². The van der Waals surface area contributed by atoms with Crippen LogP contribution in [-0.4, -0.2) is 56.4 Å². The molecule has 1 N–H and O–H groups in total. The van der Waals surface area contributed by atoms with Gasteiger partial charge in [-0.1, -0.05) is 0 Å². The number of benzene rings is 2. The minimum Gasteiger partial charge on any atom is -0.422 e. The molecular weight excluding hydrogens is 524 g/mol. The molecule has 10 heteroatoms. The average molecular weight is 546 g/mol. The summed E-state index contributed by atoms with van der Waals surface area (Å²) in [5.41, 5.74) is 6.32. The Bertz CT molecular complexity index is 1300. The fourth-order valence-electron chi connectivity index (χ4n) is 4.24. The van der Waals surface area contributed by atoms with Gasteiger partial charge in [0.25, 0.3) is 5.91 Å². The van der Waals surface area contributed by atoms with Gasteiger partial charge in [-0.3, -0.25) is 14.3 Å². The summed E-state index contributed by atoms with van der Waals surface area (Å²) < 4.78 is 26.6. The first kappa shape index (κ1) is 23.0. The minimum absolute atomic E-state index is 0.0350. The Balaban J connectivity index is 0.000000142. The number of thiol groups is 1. The Morgan fingerprint density at radius 3 is 2.79 bits per heavy atom. The van der Waals surface area contributed by atoms with Gasteiger partial charge in [0, 0.05) is 31.7 Å². The zero-order chi connectivity index (χ0) is 23.7. The van der Waals surface area contributed by atoms with E-state index in [9.17, 15) is 14.0 Å². The number of morpholine rings is 1. The average Bonchev–Trinajstić information content (AvgIpc) is 3.05. The Morgan fingerprint density at radius 1 is 1.12 bits per heavy atom. The topological polar surface area (TPSA) is 72.8 Å². The largest absolute Gasteiger partial charge is 0.422 e. The van der Waals surface area contributed by atoms with Gasteiger partial charge < -0.3 is 19.2 Å². The van der Waals surface area contributed by atoms with Crippen LogP contribution in [0.2, 0.25) is 0 Å². The molecule has 3 aliphatic rings. The van der Waals surface area contributed by atoms with Gasteiger partial charge in [0.2, 0.25) is 11.2 Å². The van der Waals surface area contributed by atoms with Crippen LogP contribution in [0, 0.1) is 5.82 Å². The number of carbonyl (C=O) groups is 1. The van der Waals surface area contributed by atoms with Crippen molar-refractivity contribution in [2.45, 2.75) is 17.9 Å². The van der Waals surface area contributed by atoms with E-state index in [4.69, 9.17) is 8.92 Å². The van der Waals surface area contributed by atoms with E-state index in [2.05, 4.69) is 48.7 Å². The van der Waals surface area contributed by atoms with Crippen molar-refractivity contribution < 1.29 is 18.1 Å². The van der Waals surface area contributed by atoms with Crippen LogP contribution in [0.15, 0.2) is 59.5 Å². The normalized spacial score (nSPS) is 18.1. The monoisotopic (exact) mass is 547 g/mol. The van der Waals surface area contributed by atoms with Crippen LogP contribution in [-0.2, 0) is 16.5 Å². The quantitative estimate of drug-likeness (QED) is 0.276. The Labute approximate surface area is 207 Å². The summed E-state index contributed by atoms with van der Waals surface area (Å²) in [6.07, 6.45) is 2.15. The van der Waals surface area contributed by atoms with Gasteiger partial charge in [0.05, 0.1) is 13.2 Å². The van der Waals surface area contributed by atoms with Crippen molar-refractivity contribution >= 4 is 38.2 Å². The van der Waals surface area contributed by atoms with Crippen molar-refractivity contribution in [1.82, 2.24) is 9.58 Å². The van der Waals surface area contributed by atoms with Gasteiger partial charge >= 0.3 is 101 Å². The molecule has 1 amide bonds. The molecule has 0 aliphatic carbocycles. The third-order valence-corrected chi connectivity index (χ3v) is 8.55. The van der Waals surface area contributed by atoms with Crippen LogP contribution in [0.1, 0.15) is 27.2 Å². The van der Waals surface area contributed by atoms with Gasteiger partial charge in [-0.05, 0) is 0 Å². The van der Waals surface area contributed by atoms with Gasteiger partial charge in [0.1, 0.15) is 6.17 Å². The first-order valence-corrected chi connectivity index (χ1v) is 13.2. The molecule has 1 saturated heterocycles. The number of ether oxygens (including phenoxy) is 1. The number of fused-ring (bicyclic) bond motifs is 4. The molecule has 1 unspecified atom stereocenters. The predicted molar refractivity (Wildman–Crippen MR) is 130 cm³/mol. The molecule has 1 fully saturated rings. The molecule has 3 aliphatic heterocycles. The number of aromatic nitrogens is 1. The molecule has 1 atom stereocenters. The number of nitrogens with one attached hydrogen (secondary N) is 1. The molecule has 0 spiro atoms. The predicted octanol–water partition coefficient (Wildman–Crippen LogP) is 1.69. The van der Waals surface area contributed by atoms with E-state index in [0.717, 1.165) is 22.9 Å². The summed E-state index contributed by atoms with van der Waals surface area (Å²) in [4.78, 5) is 25.6.